The van der Waals surface area contributed by atoms with Crippen molar-refractivity contribution in [1.29, 1.82) is 0 Å². The highest BCUT2D eigenvalue weighted by atomic mass is 35.5. The van der Waals surface area contributed by atoms with Gasteiger partial charge >= 0.3 is 0 Å². The first kappa shape index (κ1) is 23.6. The van der Waals surface area contributed by atoms with E-state index >= 15 is 0 Å². The highest BCUT2D eigenvalue weighted by Gasteiger charge is 2.32. The summed E-state index contributed by atoms with van der Waals surface area (Å²) in [6, 6.07) is 10.8. The Bertz CT molecular complexity index is 994. The first-order valence-electron chi connectivity index (χ1n) is 11.4. The highest BCUT2D eigenvalue weighted by Crippen LogP contribution is 2.23. The molecule has 2 aliphatic rings. The van der Waals surface area contributed by atoms with Crippen LogP contribution in [0.3, 0.4) is 0 Å². The van der Waals surface area contributed by atoms with Crippen molar-refractivity contribution in [3.63, 3.8) is 0 Å². The Morgan fingerprint density at radius 3 is 2.30 bits per heavy atom. The van der Waals surface area contributed by atoms with E-state index in [-0.39, 0.29) is 17.4 Å². The predicted molar refractivity (Wildman–Crippen MR) is 123 cm³/mol. The van der Waals surface area contributed by atoms with Crippen LogP contribution in [0.2, 0.25) is 5.02 Å². The van der Waals surface area contributed by atoms with Crippen LogP contribution in [-0.2, 0) is 11.3 Å². The summed E-state index contributed by atoms with van der Waals surface area (Å²) in [6.45, 7) is 4.78. The van der Waals surface area contributed by atoms with Gasteiger partial charge in [0.15, 0.2) is 0 Å². The van der Waals surface area contributed by atoms with Crippen LogP contribution in [0.25, 0.3) is 0 Å². The van der Waals surface area contributed by atoms with Crippen LogP contribution in [0.4, 0.5) is 8.78 Å². The molecule has 8 heteroatoms. The summed E-state index contributed by atoms with van der Waals surface area (Å²) in [4.78, 5) is 31.6. The van der Waals surface area contributed by atoms with E-state index in [1.165, 1.54) is 11.6 Å². The average molecular weight is 476 g/mol. The molecule has 0 N–H and O–H groups in total. The van der Waals surface area contributed by atoms with Gasteiger partial charge in [-0.1, -0.05) is 23.7 Å². The second-order valence-electron chi connectivity index (χ2n) is 8.77. The molecule has 33 heavy (non-hydrogen) atoms. The summed E-state index contributed by atoms with van der Waals surface area (Å²) in [5.74, 6) is -2.01. The minimum atomic E-state index is -0.856. The third-order valence-electron chi connectivity index (χ3n) is 6.51. The zero-order valence-electron chi connectivity index (χ0n) is 18.5. The first-order valence-corrected chi connectivity index (χ1v) is 11.8. The standard InChI is InChI=1S/C25H28ClF2N3O2/c26-20-4-2-18(3-5-20)17-29-10-1-11-30(15-14-29)24(32)19-8-12-31(13-9-19)25(33)22-7-6-21(27)16-23(22)28/h2-7,16,19H,1,8-15,17H2. The minimum absolute atomic E-state index is 0.130. The third-order valence-corrected chi connectivity index (χ3v) is 6.76. The summed E-state index contributed by atoms with van der Waals surface area (Å²) in [5, 5.41) is 0.724. The number of benzene rings is 2. The average Bonchev–Trinajstić information content (AvgIpc) is 3.05. The lowest BCUT2D eigenvalue weighted by Gasteiger charge is -2.34. The second kappa shape index (κ2) is 10.6. The number of carbonyl (C=O) groups excluding carboxylic acids is 2. The van der Waals surface area contributed by atoms with Crippen molar-refractivity contribution in [1.82, 2.24) is 14.7 Å². The minimum Gasteiger partial charge on any atom is -0.341 e. The molecule has 2 aliphatic heterocycles. The molecule has 0 aromatic heterocycles. The van der Waals surface area contributed by atoms with Gasteiger partial charge in [0, 0.05) is 62.8 Å². The Labute approximate surface area is 197 Å². The summed E-state index contributed by atoms with van der Waals surface area (Å²) in [7, 11) is 0. The van der Waals surface area contributed by atoms with Gasteiger partial charge in [0.2, 0.25) is 5.91 Å². The summed E-state index contributed by atoms with van der Waals surface area (Å²) in [6.07, 6.45) is 2.03. The van der Waals surface area contributed by atoms with Gasteiger partial charge in [0.1, 0.15) is 11.6 Å². The molecule has 0 aliphatic carbocycles. The number of likely N-dealkylation sites (tertiary alicyclic amines) is 1. The molecule has 2 saturated heterocycles. The van der Waals surface area contributed by atoms with Crippen molar-refractivity contribution in [2.24, 2.45) is 5.92 Å². The molecule has 2 heterocycles. The maximum atomic E-state index is 14.0. The van der Waals surface area contributed by atoms with Crippen LogP contribution in [0.15, 0.2) is 42.5 Å². The van der Waals surface area contributed by atoms with E-state index in [2.05, 4.69) is 4.90 Å². The Balaban J connectivity index is 1.27. The van der Waals surface area contributed by atoms with E-state index in [0.717, 1.165) is 49.8 Å². The van der Waals surface area contributed by atoms with E-state index in [1.807, 2.05) is 29.2 Å². The molecule has 0 atom stereocenters. The molecule has 0 unspecified atom stereocenters. The van der Waals surface area contributed by atoms with E-state index < -0.39 is 17.5 Å². The van der Waals surface area contributed by atoms with Gasteiger partial charge in [0.05, 0.1) is 5.56 Å². The first-order chi connectivity index (χ1) is 15.9. The zero-order valence-corrected chi connectivity index (χ0v) is 19.2. The monoisotopic (exact) mass is 475 g/mol. The largest absolute Gasteiger partial charge is 0.341 e. The number of hydrogen-bond acceptors (Lipinski definition) is 3. The molecule has 0 radical (unpaired) electrons. The number of halogens is 3. The molecule has 5 nitrogen and oxygen atoms in total. The summed E-state index contributed by atoms with van der Waals surface area (Å²) < 4.78 is 27.1. The van der Waals surface area contributed by atoms with Crippen LogP contribution in [0, 0.1) is 17.6 Å². The fraction of sp³-hybridized carbons (Fsp3) is 0.440. The van der Waals surface area contributed by atoms with Crippen LogP contribution in [0.5, 0.6) is 0 Å². The maximum absolute atomic E-state index is 14.0. The molecule has 0 saturated carbocycles. The number of carbonyl (C=O) groups is 2. The lowest BCUT2D eigenvalue weighted by atomic mass is 9.94. The van der Waals surface area contributed by atoms with Gasteiger partial charge in [-0.25, -0.2) is 8.78 Å². The van der Waals surface area contributed by atoms with Gasteiger partial charge in [-0.2, -0.15) is 0 Å². The van der Waals surface area contributed by atoms with Crippen LogP contribution < -0.4 is 0 Å². The van der Waals surface area contributed by atoms with E-state index in [0.29, 0.717) is 32.5 Å². The highest BCUT2D eigenvalue weighted by molar-refractivity contribution is 6.30. The molecule has 2 amide bonds. The van der Waals surface area contributed by atoms with Crippen molar-refractivity contribution < 1.29 is 18.4 Å². The topological polar surface area (TPSA) is 43.9 Å². The lowest BCUT2D eigenvalue weighted by molar-refractivity contribution is -0.136. The number of piperidine rings is 1. The summed E-state index contributed by atoms with van der Waals surface area (Å²) >= 11 is 5.97. The normalized spacial score (nSPS) is 18.3. The molecular weight excluding hydrogens is 448 g/mol. The van der Waals surface area contributed by atoms with Gasteiger partial charge in [-0.3, -0.25) is 14.5 Å². The Morgan fingerprint density at radius 2 is 1.61 bits per heavy atom. The fourth-order valence-electron chi connectivity index (χ4n) is 4.62. The number of nitrogens with zero attached hydrogens (tertiary/aromatic N) is 3. The number of amides is 2. The lowest BCUT2D eigenvalue weighted by Crippen LogP contribution is -2.45. The molecule has 2 aromatic carbocycles. The molecule has 2 fully saturated rings. The van der Waals surface area contributed by atoms with Crippen molar-refractivity contribution in [2.45, 2.75) is 25.8 Å². The third kappa shape index (κ3) is 5.89. The predicted octanol–water partition coefficient (Wildman–Crippen LogP) is 4.20. The zero-order chi connectivity index (χ0) is 23.4. The van der Waals surface area contributed by atoms with Crippen LogP contribution >= 0.6 is 11.6 Å². The summed E-state index contributed by atoms with van der Waals surface area (Å²) in [5.41, 5.74) is 1.07. The Kier molecular flexibility index (Phi) is 7.60. The molecule has 2 aromatic rings. The maximum Gasteiger partial charge on any atom is 0.256 e. The van der Waals surface area contributed by atoms with Gasteiger partial charge in [0.25, 0.3) is 5.91 Å². The van der Waals surface area contributed by atoms with Crippen LogP contribution in [0.1, 0.15) is 35.2 Å². The fourth-order valence-corrected chi connectivity index (χ4v) is 4.74. The van der Waals surface area contributed by atoms with E-state index in [1.54, 1.807) is 4.90 Å². The molecule has 4 rings (SSSR count). The van der Waals surface area contributed by atoms with Gasteiger partial charge in [-0.15, -0.1) is 0 Å². The van der Waals surface area contributed by atoms with E-state index in [4.69, 9.17) is 11.6 Å². The number of hydrogen-bond donors (Lipinski definition) is 0. The van der Waals surface area contributed by atoms with Crippen molar-refractivity contribution in [2.75, 3.05) is 39.3 Å². The number of rotatable bonds is 4. The van der Waals surface area contributed by atoms with Crippen molar-refractivity contribution in [3.8, 4) is 0 Å². The van der Waals surface area contributed by atoms with Crippen LogP contribution in [-0.4, -0.2) is 65.8 Å². The Morgan fingerprint density at radius 1 is 0.879 bits per heavy atom. The SMILES string of the molecule is O=C(c1ccc(F)cc1F)N1CCC(C(=O)N2CCCN(Cc3ccc(Cl)cc3)CC2)CC1. The van der Waals surface area contributed by atoms with E-state index in [9.17, 15) is 18.4 Å². The molecular formula is C25H28ClF2N3O2. The van der Waals surface area contributed by atoms with Crippen molar-refractivity contribution in [3.05, 3.63) is 70.2 Å². The molecule has 0 spiro atoms. The van der Waals surface area contributed by atoms with Gasteiger partial charge < -0.3 is 9.80 Å². The molecule has 0 bridgehead atoms. The van der Waals surface area contributed by atoms with Gasteiger partial charge in [-0.05, 0) is 49.1 Å². The van der Waals surface area contributed by atoms with Crippen molar-refractivity contribution >= 4 is 23.4 Å². The Hall–Kier alpha value is -2.51. The quantitative estimate of drug-likeness (QED) is 0.665. The smallest absolute Gasteiger partial charge is 0.256 e. The second-order valence-corrected chi connectivity index (χ2v) is 9.21. The molecule has 176 valence electrons.